The number of rotatable bonds is 4. The molecule has 2 aromatic rings. The van der Waals surface area contributed by atoms with Crippen molar-refractivity contribution >= 4 is 33.1 Å². The molecule has 0 radical (unpaired) electrons. The van der Waals surface area contributed by atoms with Crippen LogP contribution >= 0.6 is 27.3 Å². The van der Waals surface area contributed by atoms with Crippen LogP contribution in [0.3, 0.4) is 0 Å². The lowest BCUT2D eigenvalue weighted by Crippen LogP contribution is -2.02. The SMILES string of the molecule is CCCNc1ccnc(-c2cc(Br)c(C)s2)n1. The smallest absolute Gasteiger partial charge is 0.171 e. The van der Waals surface area contributed by atoms with Crippen molar-refractivity contribution in [1.29, 1.82) is 0 Å². The van der Waals surface area contributed by atoms with Crippen LogP contribution in [-0.4, -0.2) is 16.5 Å². The summed E-state index contributed by atoms with van der Waals surface area (Å²) in [5.74, 6) is 1.67. The molecule has 0 amide bonds. The molecule has 0 fully saturated rings. The second-order valence-electron chi connectivity index (χ2n) is 3.71. The molecule has 0 aliphatic carbocycles. The van der Waals surface area contributed by atoms with Crippen LogP contribution < -0.4 is 5.32 Å². The molecule has 0 aliphatic heterocycles. The highest BCUT2D eigenvalue weighted by Crippen LogP contribution is 2.32. The van der Waals surface area contributed by atoms with Crippen molar-refractivity contribution in [3.05, 3.63) is 27.7 Å². The molecule has 5 heteroatoms. The number of anilines is 1. The second kappa shape index (κ2) is 5.60. The molecule has 0 saturated carbocycles. The summed E-state index contributed by atoms with van der Waals surface area (Å²) in [7, 11) is 0. The number of halogens is 1. The fourth-order valence-electron chi connectivity index (χ4n) is 1.40. The van der Waals surface area contributed by atoms with Crippen LogP contribution in [0.2, 0.25) is 0 Å². The highest BCUT2D eigenvalue weighted by molar-refractivity contribution is 9.10. The highest BCUT2D eigenvalue weighted by atomic mass is 79.9. The van der Waals surface area contributed by atoms with Gasteiger partial charge >= 0.3 is 0 Å². The van der Waals surface area contributed by atoms with E-state index in [9.17, 15) is 0 Å². The normalized spacial score (nSPS) is 10.5. The number of hydrogen-bond donors (Lipinski definition) is 1. The molecule has 0 saturated heterocycles. The lowest BCUT2D eigenvalue weighted by atomic mass is 10.4. The van der Waals surface area contributed by atoms with E-state index in [2.05, 4.69) is 51.1 Å². The summed E-state index contributed by atoms with van der Waals surface area (Å²) in [6.07, 6.45) is 2.88. The first-order valence-electron chi connectivity index (χ1n) is 5.54. The average Bonchev–Trinajstić information content (AvgIpc) is 2.68. The predicted molar refractivity (Wildman–Crippen MR) is 76.6 cm³/mol. The fourth-order valence-corrected chi connectivity index (χ4v) is 2.87. The molecule has 2 rings (SSSR count). The molecular formula is C12H14BrN3S. The maximum atomic E-state index is 4.50. The highest BCUT2D eigenvalue weighted by Gasteiger charge is 2.08. The van der Waals surface area contributed by atoms with Crippen molar-refractivity contribution in [1.82, 2.24) is 9.97 Å². The minimum absolute atomic E-state index is 0.782. The molecule has 0 unspecified atom stereocenters. The van der Waals surface area contributed by atoms with Crippen LogP contribution in [0.1, 0.15) is 18.2 Å². The number of aryl methyl sites for hydroxylation is 1. The van der Waals surface area contributed by atoms with Crippen LogP contribution in [-0.2, 0) is 0 Å². The topological polar surface area (TPSA) is 37.8 Å². The molecule has 3 nitrogen and oxygen atoms in total. The third-order valence-corrected chi connectivity index (χ3v) is 4.42. The van der Waals surface area contributed by atoms with Gasteiger partial charge in [-0.05, 0) is 41.4 Å². The predicted octanol–water partition coefficient (Wildman–Crippen LogP) is 4.10. The van der Waals surface area contributed by atoms with Crippen molar-refractivity contribution < 1.29 is 0 Å². The largest absolute Gasteiger partial charge is 0.370 e. The Morgan fingerprint density at radius 2 is 2.29 bits per heavy atom. The standard InChI is InChI=1S/C12H14BrN3S/c1-3-5-14-11-4-6-15-12(16-11)10-7-9(13)8(2)17-10/h4,6-7H,3,5H2,1-2H3,(H,14,15,16). The third-order valence-electron chi connectivity index (χ3n) is 2.29. The Labute approximate surface area is 113 Å². The summed E-state index contributed by atoms with van der Waals surface area (Å²) in [6.45, 7) is 5.15. The van der Waals surface area contributed by atoms with E-state index in [4.69, 9.17) is 0 Å². The molecule has 0 bridgehead atoms. The summed E-state index contributed by atoms with van der Waals surface area (Å²) < 4.78 is 1.12. The van der Waals surface area contributed by atoms with Crippen LogP contribution in [0, 0.1) is 6.92 Å². The van der Waals surface area contributed by atoms with Gasteiger partial charge in [-0.3, -0.25) is 0 Å². The number of aromatic nitrogens is 2. The van der Waals surface area contributed by atoms with E-state index < -0.39 is 0 Å². The van der Waals surface area contributed by atoms with Gasteiger partial charge < -0.3 is 5.32 Å². The fraction of sp³-hybridized carbons (Fsp3) is 0.333. The molecule has 2 heterocycles. The Hall–Kier alpha value is -0.940. The van der Waals surface area contributed by atoms with Gasteiger partial charge in [0.15, 0.2) is 5.82 Å². The maximum Gasteiger partial charge on any atom is 0.171 e. The molecule has 90 valence electrons. The van der Waals surface area contributed by atoms with Gasteiger partial charge in [0.05, 0.1) is 4.88 Å². The molecular weight excluding hydrogens is 298 g/mol. The van der Waals surface area contributed by atoms with Gasteiger partial charge in [-0.1, -0.05) is 6.92 Å². The van der Waals surface area contributed by atoms with E-state index in [0.717, 1.165) is 34.0 Å². The van der Waals surface area contributed by atoms with Crippen LogP contribution in [0.5, 0.6) is 0 Å². The van der Waals surface area contributed by atoms with Gasteiger partial charge in [0, 0.05) is 22.1 Å². The first-order chi connectivity index (χ1) is 8.20. The Balaban J connectivity index is 2.26. The number of hydrogen-bond acceptors (Lipinski definition) is 4. The minimum Gasteiger partial charge on any atom is -0.370 e. The first kappa shape index (κ1) is 12.5. The maximum absolute atomic E-state index is 4.50. The molecule has 2 aromatic heterocycles. The summed E-state index contributed by atoms with van der Waals surface area (Å²) in [6, 6.07) is 3.97. The van der Waals surface area contributed by atoms with Crippen molar-refractivity contribution in [2.75, 3.05) is 11.9 Å². The zero-order chi connectivity index (χ0) is 12.3. The van der Waals surface area contributed by atoms with E-state index in [-0.39, 0.29) is 0 Å². The summed E-state index contributed by atoms with van der Waals surface area (Å²) >= 11 is 5.21. The summed E-state index contributed by atoms with van der Waals surface area (Å²) in [4.78, 5) is 11.2. The number of nitrogens with zero attached hydrogens (tertiary/aromatic N) is 2. The summed E-state index contributed by atoms with van der Waals surface area (Å²) in [5.41, 5.74) is 0. The molecule has 0 aromatic carbocycles. The lowest BCUT2D eigenvalue weighted by molar-refractivity contribution is 0.966. The van der Waals surface area contributed by atoms with Gasteiger partial charge in [-0.2, -0.15) is 0 Å². The molecule has 17 heavy (non-hydrogen) atoms. The Bertz CT molecular complexity index is 491. The van der Waals surface area contributed by atoms with Gasteiger partial charge in [-0.25, -0.2) is 9.97 Å². The monoisotopic (exact) mass is 311 g/mol. The summed E-state index contributed by atoms with van der Waals surface area (Å²) in [5, 5.41) is 3.27. The minimum atomic E-state index is 0.782. The van der Waals surface area contributed by atoms with E-state index >= 15 is 0 Å². The van der Waals surface area contributed by atoms with Gasteiger partial charge in [0.25, 0.3) is 0 Å². The van der Waals surface area contributed by atoms with Crippen LogP contribution in [0.15, 0.2) is 22.8 Å². The van der Waals surface area contributed by atoms with Crippen molar-refractivity contribution in [3.8, 4) is 10.7 Å². The van der Waals surface area contributed by atoms with Crippen LogP contribution in [0.4, 0.5) is 5.82 Å². The molecule has 0 spiro atoms. The van der Waals surface area contributed by atoms with Crippen molar-refractivity contribution in [3.63, 3.8) is 0 Å². The van der Waals surface area contributed by atoms with E-state index in [0.29, 0.717) is 0 Å². The van der Waals surface area contributed by atoms with Gasteiger partial charge in [0.2, 0.25) is 0 Å². The molecule has 0 aliphatic rings. The van der Waals surface area contributed by atoms with E-state index in [1.807, 2.05) is 6.07 Å². The zero-order valence-corrected chi connectivity index (χ0v) is 12.2. The lowest BCUT2D eigenvalue weighted by Gasteiger charge is -2.04. The second-order valence-corrected chi connectivity index (χ2v) is 5.82. The quantitative estimate of drug-likeness (QED) is 0.923. The number of thiophene rings is 1. The van der Waals surface area contributed by atoms with Crippen molar-refractivity contribution in [2.45, 2.75) is 20.3 Å². The Morgan fingerprint density at radius 3 is 2.94 bits per heavy atom. The van der Waals surface area contributed by atoms with E-state index in [1.165, 1.54) is 4.88 Å². The third kappa shape index (κ3) is 3.04. The van der Waals surface area contributed by atoms with E-state index in [1.54, 1.807) is 17.5 Å². The number of nitrogens with one attached hydrogen (secondary N) is 1. The molecule has 0 atom stereocenters. The van der Waals surface area contributed by atoms with Gasteiger partial charge in [0.1, 0.15) is 5.82 Å². The van der Waals surface area contributed by atoms with Crippen molar-refractivity contribution in [2.24, 2.45) is 0 Å². The Morgan fingerprint density at radius 1 is 1.47 bits per heavy atom. The van der Waals surface area contributed by atoms with Crippen LogP contribution in [0.25, 0.3) is 10.7 Å². The molecule has 1 N–H and O–H groups in total. The average molecular weight is 312 g/mol. The van der Waals surface area contributed by atoms with Gasteiger partial charge in [-0.15, -0.1) is 11.3 Å². The zero-order valence-electron chi connectivity index (χ0n) is 9.83. The Kier molecular flexibility index (Phi) is 4.12. The first-order valence-corrected chi connectivity index (χ1v) is 7.15.